The van der Waals surface area contributed by atoms with Crippen molar-refractivity contribution in [1.82, 2.24) is 10.6 Å². The van der Waals surface area contributed by atoms with E-state index in [1.54, 1.807) is 11.3 Å². The summed E-state index contributed by atoms with van der Waals surface area (Å²) in [5.74, 6) is 0.883. The van der Waals surface area contributed by atoms with Crippen LogP contribution in [0.4, 0.5) is 10.5 Å². The summed E-state index contributed by atoms with van der Waals surface area (Å²) in [6.07, 6.45) is 0.832. The Bertz CT molecular complexity index is 683. The zero-order valence-corrected chi connectivity index (χ0v) is 17.6. The Morgan fingerprint density at radius 1 is 1.36 bits per heavy atom. The molecule has 0 unspecified atom stereocenters. The third kappa shape index (κ3) is 7.01. The lowest BCUT2D eigenvalue weighted by molar-refractivity contribution is 0.252. The molecule has 2 rings (SSSR count). The number of amides is 2. The second-order valence-electron chi connectivity index (χ2n) is 5.23. The van der Waals surface area contributed by atoms with Crippen LogP contribution in [0.5, 0.6) is 5.75 Å². The molecule has 0 aliphatic heterocycles. The number of nitrogens with one attached hydrogen (secondary N) is 3. The molecule has 0 fully saturated rings. The number of carbonyl (C=O) groups excluding carboxylic acids is 1. The van der Waals surface area contributed by atoms with E-state index in [4.69, 9.17) is 16.3 Å². The van der Waals surface area contributed by atoms with E-state index in [2.05, 4.69) is 38.5 Å². The van der Waals surface area contributed by atoms with Crippen molar-refractivity contribution < 1.29 is 9.53 Å². The first-order chi connectivity index (χ1) is 12.1. The van der Waals surface area contributed by atoms with Gasteiger partial charge in [-0.25, -0.2) is 4.79 Å². The summed E-state index contributed by atoms with van der Waals surface area (Å²) in [5.41, 5.74) is 1.86. The highest BCUT2D eigenvalue weighted by Crippen LogP contribution is 2.29. The Balaban J connectivity index is 1.68. The third-order valence-corrected chi connectivity index (χ3v) is 4.99. The summed E-state index contributed by atoms with van der Waals surface area (Å²) >= 11 is 9.92. The zero-order valence-electron chi connectivity index (χ0n) is 13.9. The summed E-state index contributed by atoms with van der Waals surface area (Å²) in [4.78, 5) is 11.7. The van der Waals surface area contributed by atoms with E-state index in [-0.39, 0.29) is 6.03 Å². The van der Waals surface area contributed by atoms with Crippen molar-refractivity contribution in [2.24, 2.45) is 0 Å². The van der Waals surface area contributed by atoms with E-state index in [0.717, 1.165) is 33.5 Å². The van der Waals surface area contributed by atoms with Gasteiger partial charge in [-0.05, 0) is 66.1 Å². The van der Waals surface area contributed by atoms with Crippen LogP contribution in [0.3, 0.4) is 0 Å². The molecule has 0 aliphatic rings. The van der Waals surface area contributed by atoms with Crippen molar-refractivity contribution >= 4 is 57.2 Å². The molecular formula is C17H21ClIN3O2S. The summed E-state index contributed by atoms with van der Waals surface area (Å²) in [5, 5.41) is 13.5. The first-order valence-electron chi connectivity index (χ1n) is 7.98. The van der Waals surface area contributed by atoms with Crippen molar-refractivity contribution in [3.05, 3.63) is 43.1 Å². The van der Waals surface area contributed by atoms with Crippen LogP contribution in [0.25, 0.3) is 0 Å². The molecule has 0 saturated carbocycles. The molecule has 3 N–H and O–H groups in total. The molecule has 5 nitrogen and oxygen atoms in total. The van der Waals surface area contributed by atoms with Crippen LogP contribution >= 0.6 is 45.5 Å². The number of benzene rings is 1. The second kappa shape index (κ2) is 10.8. The van der Waals surface area contributed by atoms with Crippen molar-refractivity contribution in [2.75, 3.05) is 25.0 Å². The van der Waals surface area contributed by atoms with Gasteiger partial charge in [-0.2, -0.15) is 11.3 Å². The van der Waals surface area contributed by atoms with Gasteiger partial charge in [0, 0.05) is 29.1 Å². The van der Waals surface area contributed by atoms with E-state index in [0.29, 0.717) is 24.7 Å². The maximum atomic E-state index is 11.7. The number of carbonyl (C=O) groups is 1. The topological polar surface area (TPSA) is 62.4 Å². The maximum Gasteiger partial charge on any atom is 0.319 e. The normalized spacial score (nSPS) is 10.5. The molecular weight excluding hydrogens is 473 g/mol. The number of anilines is 1. The van der Waals surface area contributed by atoms with Gasteiger partial charge in [0.25, 0.3) is 0 Å². The van der Waals surface area contributed by atoms with E-state index in [1.807, 2.05) is 35.9 Å². The quantitative estimate of drug-likeness (QED) is 0.350. The molecule has 136 valence electrons. The summed E-state index contributed by atoms with van der Waals surface area (Å²) in [6, 6.07) is 5.51. The number of hydrogen-bond donors (Lipinski definition) is 3. The van der Waals surface area contributed by atoms with E-state index in [9.17, 15) is 4.79 Å². The molecule has 1 aromatic carbocycles. The fraction of sp³-hybridized carbons (Fsp3) is 0.353. The summed E-state index contributed by atoms with van der Waals surface area (Å²) < 4.78 is 6.72. The smallest absolute Gasteiger partial charge is 0.319 e. The molecule has 25 heavy (non-hydrogen) atoms. The third-order valence-electron chi connectivity index (χ3n) is 3.28. The summed E-state index contributed by atoms with van der Waals surface area (Å²) in [7, 11) is 0. The molecule has 0 atom stereocenters. The average molecular weight is 494 g/mol. The highest BCUT2D eigenvalue weighted by atomic mass is 127. The molecule has 0 aliphatic carbocycles. The lowest BCUT2D eigenvalue weighted by Crippen LogP contribution is -2.31. The Labute approximate surface area is 170 Å². The standard InChI is InChI=1S/C17H21ClIN3O2S/c1-2-24-16-12(8-13(18)9-15(16)19)10-20-5-3-6-21-17(23)22-14-4-7-25-11-14/h4,7-9,11,20H,2-3,5-6,10H2,1H3,(H2,21,22,23). The van der Waals surface area contributed by atoms with E-state index < -0.39 is 0 Å². The molecule has 0 bridgehead atoms. The lowest BCUT2D eigenvalue weighted by Gasteiger charge is -2.14. The maximum absolute atomic E-state index is 11.7. The van der Waals surface area contributed by atoms with E-state index in [1.165, 1.54) is 0 Å². The number of rotatable bonds is 9. The number of hydrogen-bond acceptors (Lipinski definition) is 4. The van der Waals surface area contributed by atoms with Crippen molar-refractivity contribution in [3.8, 4) is 5.75 Å². The van der Waals surface area contributed by atoms with Crippen LogP contribution in [0.15, 0.2) is 29.0 Å². The summed E-state index contributed by atoms with van der Waals surface area (Å²) in [6.45, 7) is 4.65. The van der Waals surface area contributed by atoms with Crippen LogP contribution in [-0.4, -0.2) is 25.7 Å². The SMILES string of the molecule is CCOc1c(I)cc(Cl)cc1CNCCCNC(=O)Nc1ccsc1. The first-order valence-corrected chi connectivity index (χ1v) is 10.4. The first kappa shape index (κ1) is 20.3. The van der Waals surface area contributed by atoms with Gasteiger partial charge in [-0.3, -0.25) is 0 Å². The monoisotopic (exact) mass is 493 g/mol. The van der Waals surface area contributed by atoms with Crippen molar-refractivity contribution in [2.45, 2.75) is 19.9 Å². The molecule has 2 aromatic rings. The van der Waals surface area contributed by atoms with Gasteiger partial charge in [0.2, 0.25) is 0 Å². The van der Waals surface area contributed by atoms with Gasteiger partial charge in [-0.1, -0.05) is 11.6 Å². The number of urea groups is 1. The van der Waals surface area contributed by atoms with Gasteiger partial charge in [-0.15, -0.1) is 0 Å². The molecule has 1 heterocycles. The molecule has 8 heteroatoms. The number of thiophene rings is 1. The minimum atomic E-state index is -0.179. The molecule has 0 radical (unpaired) electrons. The molecule has 2 amide bonds. The Morgan fingerprint density at radius 2 is 2.20 bits per heavy atom. The van der Waals surface area contributed by atoms with Gasteiger partial charge >= 0.3 is 6.03 Å². The number of halogens is 2. The van der Waals surface area contributed by atoms with Crippen LogP contribution < -0.4 is 20.7 Å². The van der Waals surface area contributed by atoms with Crippen molar-refractivity contribution in [3.63, 3.8) is 0 Å². The fourth-order valence-corrected chi connectivity index (χ4v) is 4.05. The highest BCUT2D eigenvalue weighted by Gasteiger charge is 2.09. The average Bonchev–Trinajstić information content (AvgIpc) is 3.06. The van der Waals surface area contributed by atoms with Gasteiger partial charge in [0.05, 0.1) is 15.9 Å². The molecule has 1 aromatic heterocycles. The predicted octanol–water partition coefficient (Wildman–Crippen LogP) is 4.71. The van der Waals surface area contributed by atoms with Crippen LogP contribution in [-0.2, 0) is 6.54 Å². The van der Waals surface area contributed by atoms with Crippen LogP contribution in [0.1, 0.15) is 18.9 Å². The second-order valence-corrected chi connectivity index (χ2v) is 7.61. The highest BCUT2D eigenvalue weighted by molar-refractivity contribution is 14.1. The van der Waals surface area contributed by atoms with Gasteiger partial charge in [0.1, 0.15) is 5.75 Å². The van der Waals surface area contributed by atoms with E-state index >= 15 is 0 Å². The largest absolute Gasteiger partial charge is 0.492 e. The Kier molecular flexibility index (Phi) is 8.80. The van der Waals surface area contributed by atoms with Crippen LogP contribution in [0.2, 0.25) is 5.02 Å². The van der Waals surface area contributed by atoms with Gasteiger partial charge in [0.15, 0.2) is 0 Å². The van der Waals surface area contributed by atoms with Crippen molar-refractivity contribution in [1.29, 1.82) is 0 Å². The fourth-order valence-electron chi connectivity index (χ4n) is 2.20. The number of ether oxygens (including phenoxy) is 1. The zero-order chi connectivity index (χ0) is 18.1. The Hall–Kier alpha value is -1.03. The molecule has 0 spiro atoms. The van der Waals surface area contributed by atoms with Gasteiger partial charge < -0.3 is 20.7 Å². The lowest BCUT2D eigenvalue weighted by atomic mass is 10.2. The van der Waals surface area contributed by atoms with Crippen LogP contribution in [0, 0.1) is 3.57 Å². The Morgan fingerprint density at radius 3 is 2.92 bits per heavy atom. The minimum Gasteiger partial charge on any atom is -0.492 e. The molecule has 0 saturated heterocycles. The minimum absolute atomic E-state index is 0.179. The predicted molar refractivity (Wildman–Crippen MR) is 113 cm³/mol.